The molecule has 23 heavy (non-hydrogen) atoms. The van der Waals surface area contributed by atoms with Gasteiger partial charge in [-0.1, -0.05) is 29.8 Å². The number of rotatable bonds is 6. The summed E-state index contributed by atoms with van der Waals surface area (Å²) in [7, 11) is 0. The van der Waals surface area contributed by atoms with Crippen LogP contribution in [0.4, 0.5) is 0 Å². The van der Waals surface area contributed by atoms with Crippen LogP contribution >= 0.6 is 11.6 Å². The van der Waals surface area contributed by atoms with Crippen LogP contribution in [0.25, 0.3) is 10.9 Å². The average Bonchev–Trinajstić information content (AvgIpc) is 2.94. The van der Waals surface area contributed by atoms with Gasteiger partial charge in [0.2, 0.25) is 0 Å². The second kappa shape index (κ2) is 6.97. The molecule has 1 aromatic heterocycles. The Morgan fingerprint density at radius 3 is 2.61 bits per heavy atom. The summed E-state index contributed by atoms with van der Waals surface area (Å²) in [6, 6.07) is 12.3. The summed E-state index contributed by atoms with van der Waals surface area (Å²) in [5.74, 6) is 1.33. The fraction of sp³-hybridized carbons (Fsp3) is 0.263. The van der Waals surface area contributed by atoms with Crippen molar-refractivity contribution in [2.45, 2.75) is 20.3 Å². The van der Waals surface area contributed by atoms with Crippen molar-refractivity contribution in [2.75, 3.05) is 13.2 Å². The molecule has 0 spiro atoms. The molecule has 3 nitrogen and oxygen atoms in total. The highest BCUT2D eigenvalue weighted by Gasteiger charge is 2.13. The van der Waals surface area contributed by atoms with Gasteiger partial charge in [0, 0.05) is 17.1 Å². The summed E-state index contributed by atoms with van der Waals surface area (Å²) in [5.41, 5.74) is 3.49. The minimum atomic E-state index is 0.557. The fourth-order valence-corrected chi connectivity index (χ4v) is 3.06. The van der Waals surface area contributed by atoms with Crippen LogP contribution < -0.4 is 9.47 Å². The molecule has 0 atom stereocenters. The second-order valence-electron chi connectivity index (χ2n) is 5.31. The van der Waals surface area contributed by atoms with Gasteiger partial charge in [-0.15, -0.1) is 0 Å². The fourth-order valence-electron chi connectivity index (χ4n) is 2.77. The molecule has 0 aliphatic rings. The summed E-state index contributed by atoms with van der Waals surface area (Å²) >= 11 is 6.39. The van der Waals surface area contributed by atoms with Gasteiger partial charge in [0.05, 0.1) is 18.2 Å². The zero-order valence-electron chi connectivity index (χ0n) is 13.4. The summed E-state index contributed by atoms with van der Waals surface area (Å²) in [6.07, 6.45) is 2.84. The molecule has 0 aliphatic carbocycles. The van der Waals surface area contributed by atoms with Crippen molar-refractivity contribution in [3.05, 3.63) is 58.7 Å². The van der Waals surface area contributed by atoms with Crippen LogP contribution in [-0.2, 0) is 6.42 Å². The van der Waals surface area contributed by atoms with Crippen LogP contribution in [0.2, 0.25) is 5.02 Å². The Kier molecular flexibility index (Phi) is 4.77. The van der Waals surface area contributed by atoms with Gasteiger partial charge in [-0.05, 0) is 49.6 Å². The normalized spacial score (nSPS) is 10.9. The van der Waals surface area contributed by atoms with E-state index in [2.05, 4.69) is 29.4 Å². The van der Waals surface area contributed by atoms with E-state index in [-0.39, 0.29) is 0 Å². The highest BCUT2D eigenvalue weighted by molar-refractivity contribution is 6.32. The summed E-state index contributed by atoms with van der Waals surface area (Å²) in [5, 5.41) is 1.82. The van der Waals surface area contributed by atoms with Crippen LogP contribution in [0.3, 0.4) is 0 Å². The first kappa shape index (κ1) is 15.8. The number of aromatic nitrogens is 1. The van der Waals surface area contributed by atoms with Crippen molar-refractivity contribution in [2.24, 2.45) is 0 Å². The number of para-hydroxylation sites is 1. The lowest BCUT2D eigenvalue weighted by molar-refractivity contribution is 0.287. The lowest BCUT2D eigenvalue weighted by atomic mass is 10.0. The van der Waals surface area contributed by atoms with Crippen LogP contribution in [0.5, 0.6) is 11.5 Å². The lowest BCUT2D eigenvalue weighted by Gasteiger charge is -2.14. The van der Waals surface area contributed by atoms with Crippen LogP contribution in [0, 0.1) is 0 Å². The maximum atomic E-state index is 6.39. The standard InChI is InChI=1S/C19H20ClNO2/c1-3-22-18-11-13(10-16(20)19(18)23-4-2)9-14-12-21-17-8-6-5-7-15(14)17/h5-8,10-12,21H,3-4,9H2,1-2H3. The first-order valence-electron chi connectivity index (χ1n) is 7.86. The van der Waals surface area contributed by atoms with Gasteiger partial charge in [-0.3, -0.25) is 0 Å². The number of benzene rings is 2. The number of ether oxygens (including phenoxy) is 2. The molecule has 0 saturated heterocycles. The van der Waals surface area contributed by atoms with Crippen LogP contribution in [0.15, 0.2) is 42.6 Å². The van der Waals surface area contributed by atoms with Crippen molar-refractivity contribution in [3.63, 3.8) is 0 Å². The molecule has 120 valence electrons. The molecular formula is C19H20ClNO2. The molecule has 1 heterocycles. The van der Waals surface area contributed by atoms with E-state index >= 15 is 0 Å². The minimum absolute atomic E-state index is 0.557. The molecule has 0 bridgehead atoms. The Balaban J connectivity index is 1.96. The molecular weight excluding hydrogens is 310 g/mol. The molecule has 3 rings (SSSR count). The Morgan fingerprint density at radius 2 is 1.83 bits per heavy atom. The topological polar surface area (TPSA) is 34.2 Å². The first-order chi connectivity index (χ1) is 11.2. The maximum absolute atomic E-state index is 6.39. The SMILES string of the molecule is CCOc1cc(Cc2c[nH]c3ccccc23)cc(Cl)c1OCC. The van der Waals surface area contributed by atoms with Crippen molar-refractivity contribution in [1.29, 1.82) is 0 Å². The van der Waals surface area contributed by atoms with E-state index in [1.165, 1.54) is 10.9 Å². The number of H-pyrrole nitrogens is 1. The first-order valence-corrected chi connectivity index (χ1v) is 8.23. The minimum Gasteiger partial charge on any atom is -0.490 e. The Morgan fingerprint density at radius 1 is 1.04 bits per heavy atom. The molecule has 4 heteroatoms. The molecule has 0 saturated carbocycles. The van der Waals surface area contributed by atoms with Crippen molar-refractivity contribution in [1.82, 2.24) is 4.98 Å². The summed E-state index contributed by atoms with van der Waals surface area (Å²) in [6.45, 7) is 5.02. The van der Waals surface area contributed by atoms with Crippen molar-refractivity contribution in [3.8, 4) is 11.5 Å². The molecule has 0 unspecified atom stereocenters. The van der Waals surface area contributed by atoms with E-state index in [1.54, 1.807) is 0 Å². The number of hydrogen-bond acceptors (Lipinski definition) is 2. The van der Waals surface area contributed by atoms with E-state index in [9.17, 15) is 0 Å². The van der Waals surface area contributed by atoms with E-state index in [1.807, 2.05) is 32.0 Å². The van der Waals surface area contributed by atoms with E-state index in [0.29, 0.717) is 29.7 Å². The highest BCUT2D eigenvalue weighted by Crippen LogP contribution is 2.37. The van der Waals surface area contributed by atoms with E-state index < -0.39 is 0 Å². The third kappa shape index (κ3) is 3.30. The quantitative estimate of drug-likeness (QED) is 0.673. The van der Waals surface area contributed by atoms with Gasteiger partial charge in [0.25, 0.3) is 0 Å². The summed E-state index contributed by atoms with van der Waals surface area (Å²) in [4.78, 5) is 3.31. The number of fused-ring (bicyclic) bond motifs is 1. The third-order valence-electron chi connectivity index (χ3n) is 3.73. The lowest BCUT2D eigenvalue weighted by Crippen LogP contribution is -2.00. The van der Waals surface area contributed by atoms with Gasteiger partial charge in [0.1, 0.15) is 0 Å². The molecule has 0 aliphatic heterocycles. The monoisotopic (exact) mass is 329 g/mol. The Bertz CT molecular complexity index is 810. The number of halogens is 1. The Hall–Kier alpha value is -2.13. The molecule has 3 aromatic rings. The molecule has 1 N–H and O–H groups in total. The third-order valence-corrected chi connectivity index (χ3v) is 4.01. The van der Waals surface area contributed by atoms with Gasteiger partial charge >= 0.3 is 0 Å². The number of hydrogen-bond donors (Lipinski definition) is 1. The van der Waals surface area contributed by atoms with Gasteiger partial charge < -0.3 is 14.5 Å². The van der Waals surface area contributed by atoms with Crippen molar-refractivity contribution >= 4 is 22.5 Å². The number of aromatic amines is 1. The Labute approximate surface area is 141 Å². The zero-order valence-corrected chi connectivity index (χ0v) is 14.1. The second-order valence-corrected chi connectivity index (χ2v) is 5.71. The molecule has 2 aromatic carbocycles. The molecule has 0 radical (unpaired) electrons. The average molecular weight is 330 g/mol. The smallest absolute Gasteiger partial charge is 0.179 e. The summed E-state index contributed by atoms with van der Waals surface area (Å²) < 4.78 is 11.3. The predicted octanol–water partition coefficient (Wildman–Crippen LogP) is 5.21. The number of nitrogens with one attached hydrogen (secondary N) is 1. The highest BCUT2D eigenvalue weighted by atomic mass is 35.5. The van der Waals surface area contributed by atoms with Crippen LogP contribution in [0.1, 0.15) is 25.0 Å². The van der Waals surface area contributed by atoms with Gasteiger partial charge in [0.15, 0.2) is 11.5 Å². The van der Waals surface area contributed by atoms with Gasteiger partial charge in [-0.2, -0.15) is 0 Å². The predicted molar refractivity (Wildman–Crippen MR) is 94.9 cm³/mol. The molecule has 0 amide bonds. The van der Waals surface area contributed by atoms with E-state index in [4.69, 9.17) is 21.1 Å². The largest absolute Gasteiger partial charge is 0.490 e. The van der Waals surface area contributed by atoms with Crippen LogP contribution in [-0.4, -0.2) is 18.2 Å². The van der Waals surface area contributed by atoms with E-state index in [0.717, 1.165) is 17.5 Å². The zero-order chi connectivity index (χ0) is 16.2. The van der Waals surface area contributed by atoms with Crippen molar-refractivity contribution < 1.29 is 9.47 Å². The maximum Gasteiger partial charge on any atom is 0.179 e. The molecule has 0 fully saturated rings. The van der Waals surface area contributed by atoms with Gasteiger partial charge in [-0.25, -0.2) is 0 Å².